The van der Waals surface area contributed by atoms with Crippen LogP contribution in [0.4, 0.5) is 0 Å². The molecule has 0 atom stereocenters. The van der Waals surface area contributed by atoms with Gasteiger partial charge >= 0.3 is 0 Å². The van der Waals surface area contributed by atoms with Crippen LogP contribution in [-0.4, -0.2) is 32.4 Å². The summed E-state index contributed by atoms with van der Waals surface area (Å²) in [6, 6.07) is 5.64. The lowest BCUT2D eigenvalue weighted by Gasteiger charge is -2.25. The molecule has 1 aromatic rings. The number of nitrogens with one attached hydrogen (secondary N) is 1. The summed E-state index contributed by atoms with van der Waals surface area (Å²) in [5.41, 5.74) is 2.12. The molecule has 4 nitrogen and oxygen atoms in total. The fourth-order valence-corrected chi connectivity index (χ4v) is 4.65. The highest BCUT2D eigenvalue weighted by Gasteiger charge is 2.27. The number of fused-ring (bicyclic) bond motifs is 1. The van der Waals surface area contributed by atoms with Crippen molar-refractivity contribution in [1.29, 1.82) is 0 Å². The summed E-state index contributed by atoms with van der Waals surface area (Å²) < 4.78 is 27.4. The van der Waals surface area contributed by atoms with Crippen molar-refractivity contribution in [3.05, 3.63) is 29.3 Å². The van der Waals surface area contributed by atoms with E-state index in [0.29, 0.717) is 18.0 Å². The third-order valence-corrected chi connectivity index (χ3v) is 5.64. The second kappa shape index (κ2) is 6.70. The van der Waals surface area contributed by atoms with Gasteiger partial charge in [-0.25, -0.2) is 8.42 Å². The lowest BCUT2D eigenvalue weighted by molar-refractivity contribution is 0.409. The zero-order valence-corrected chi connectivity index (χ0v) is 13.2. The van der Waals surface area contributed by atoms with E-state index < -0.39 is 10.0 Å². The van der Waals surface area contributed by atoms with Gasteiger partial charge in [0.2, 0.25) is 10.0 Å². The molecular weight excluding hydrogens is 272 g/mol. The normalized spacial score (nSPS) is 15.3. The zero-order chi connectivity index (χ0) is 14.6. The van der Waals surface area contributed by atoms with E-state index in [9.17, 15) is 8.42 Å². The number of rotatable bonds is 6. The molecule has 0 spiro atoms. The molecule has 0 bridgehead atoms. The molecular formula is C15H24N2O2S. The van der Waals surface area contributed by atoms with Crippen LogP contribution < -0.4 is 5.32 Å². The molecule has 112 valence electrons. The highest BCUT2D eigenvalue weighted by atomic mass is 32.2. The number of nitrogens with zero attached hydrogens (tertiary/aromatic N) is 1. The minimum atomic E-state index is -3.36. The van der Waals surface area contributed by atoms with Crippen molar-refractivity contribution in [2.45, 2.75) is 44.6 Å². The Hall–Kier alpha value is -0.910. The van der Waals surface area contributed by atoms with Crippen molar-refractivity contribution >= 4 is 10.0 Å². The molecule has 1 N–H and O–H groups in total. The standard InChI is InChI=1S/C15H24N2O2S/c1-3-10-17(11-4-2)20(18,19)15-7-5-6-13-12-16-9-8-14(13)15/h5-7,16H,3-4,8-12H2,1-2H3. The largest absolute Gasteiger partial charge is 0.312 e. The van der Waals surface area contributed by atoms with Gasteiger partial charge < -0.3 is 5.32 Å². The van der Waals surface area contributed by atoms with Crippen LogP contribution in [0.3, 0.4) is 0 Å². The average molecular weight is 296 g/mol. The van der Waals surface area contributed by atoms with Crippen LogP contribution in [0.1, 0.15) is 37.8 Å². The summed E-state index contributed by atoms with van der Waals surface area (Å²) in [6.45, 7) is 6.84. The zero-order valence-electron chi connectivity index (χ0n) is 12.4. The van der Waals surface area contributed by atoms with Crippen molar-refractivity contribution in [2.75, 3.05) is 19.6 Å². The van der Waals surface area contributed by atoms with E-state index in [1.54, 1.807) is 10.4 Å². The van der Waals surface area contributed by atoms with Gasteiger partial charge in [-0.2, -0.15) is 4.31 Å². The lowest BCUT2D eigenvalue weighted by atomic mass is 10.0. The van der Waals surface area contributed by atoms with Crippen LogP contribution in [0.25, 0.3) is 0 Å². The Bertz CT molecular complexity index is 549. The Labute approximate surface area is 122 Å². The number of sulfonamides is 1. The molecule has 1 aliphatic rings. The second-order valence-electron chi connectivity index (χ2n) is 5.22. The first kappa shape index (κ1) is 15.5. The van der Waals surface area contributed by atoms with Crippen LogP contribution in [-0.2, 0) is 23.0 Å². The van der Waals surface area contributed by atoms with E-state index in [-0.39, 0.29) is 0 Å². The Balaban J connectivity index is 2.42. The molecule has 0 aliphatic carbocycles. The molecule has 20 heavy (non-hydrogen) atoms. The van der Waals surface area contributed by atoms with Gasteiger partial charge in [0, 0.05) is 19.6 Å². The molecule has 0 unspecified atom stereocenters. The quantitative estimate of drug-likeness (QED) is 0.875. The van der Waals surface area contributed by atoms with Crippen LogP contribution in [0, 0.1) is 0 Å². The predicted octanol–water partition coefficient (Wildman–Crippen LogP) is 2.14. The van der Waals surface area contributed by atoms with Crippen LogP contribution in [0.5, 0.6) is 0 Å². The summed E-state index contributed by atoms with van der Waals surface area (Å²) in [6.07, 6.45) is 2.47. The van der Waals surface area contributed by atoms with E-state index in [4.69, 9.17) is 0 Å². The molecule has 1 heterocycles. The Morgan fingerprint density at radius 1 is 1.20 bits per heavy atom. The fraction of sp³-hybridized carbons (Fsp3) is 0.600. The average Bonchev–Trinajstić information content (AvgIpc) is 2.46. The van der Waals surface area contributed by atoms with Gasteiger partial charge in [-0.15, -0.1) is 0 Å². The number of benzene rings is 1. The van der Waals surface area contributed by atoms with E-state index in [1.165, 1.54) is 0 Å². The van der Waals surface area contributed by atoms with Crippen molar-refractivity contribution < 1.29 is 8.42 Å². The van der Waals surface area contributed by atoms with E-state index >= 15 is 0 Å². The summed E-state index contributed by atoms with van der Waals surface area (Å²) in [4.78, 5) is 0.512. The molecule has 0 radical (unpaired) electrons. The molecule has 5 heteroatoms. The minimum Gasteiger partial charge on any atom is -0.312 e. The monoisotopic (exact) mass is 296 g/mol. The first-order valence-corrected chi connectivity index (χ1v) is 8.86. The molecule has 1 aliphatic heterocycles. The van der Waals surface area contributed by atoms with E-state index in [0.717, 1.165) is 43.5 Å². The maximum Gasteiger partial charge on any atom is 0.243 e. The van der Waals surface area contributed by atoms with Crippen LogP contribution in [0.2, 0.25) is 0 Å². The molecule has 2 rings (SSSR count). The van der Waals surface area contributed by atoms with Crippen LogP contribution in [0.15, 0.2) is 23.1 Å². The molecule has 1 aromatic carbocycles. The minimum absolute atomic E-state index is 0.512. The third-order valence-electron chi connectivity index (χ3n) is 3.66. The van der Waals surface area contributed by atoms with Gasteiger partial charge in [0.25, 0.3) is 0 Å². The van der Waals surface area contributed by atoms with Crippen molar-refractivity contribution in [2.24, 2.45) is 0 Å². The third kappa shape index (κ3) is 3.05. The van der Waals surface area contributed by atoms with E-state index in [2.05, 4.69) is 5.32 Å². The highest BCUT2D eigenvalue weighted by molar-refractivity contribution is 7.89. The first-order chi connectivity index (χ1) is 9.61. The Kier molecular flexibility index (Phi) is 5.18. The SMILES string of the molecule is CCCN(CCC)S(=O)(=O)c1cccc2c1CCNC2. The Morgan fingerprint density at radius 3 is 2.55 bits per heavy atom. The molecule has 0 fully saturated rings. The second-order valence-corrected chi connectivity index (χ2v) is 7.13. The molecule has 0 saturated carbocycles. The molecule has 0 aromatic heterocycles. The van der Waals surface area contributed by atoms with Gasteiger partial charge in [0.1, 0.15) is 0 Å². The molecule has 0 saturated heterocycles. The van der Waals surface area contributed by atoms with E-state index in [1.807, 2.05) is 26.0 Å². The van der Waals surface area contributed by atoms with Gasteiger partial charge in [-0.1, -0.05) is 26.0 Å². The topological polar surface area (TPSA) is 49.4 Å². The fourth-order valence-electron chi connectivity index (χ4n) is 2.73. The Morgan fingerprint density at radius 2 is 1.90 bits per heavy atom. The smallest absolute Gasteiger partial charge is 0.243 e. The summed E-state index contributed by atoms with van der Waals surface area (Å²) in [5, 5.41) is 3.29. The lowest BCUT2D eigenvalue weighted by Crippen LogP contribution is -2.34. The summed E-state index contributed by atoms with van der Waals surface area (Å²) >= 11 is 0. The number of hydrogen-bond donors (Lipinski definition) is 1. The van der Waals surface area contributed by atoms with Crippen LogP contribution >= 0.6 is 0 Å². The highest BCUT2D eigenvalue weighted by Crippen LogP contribution is 2.26. The first-order valence-electron chi connectivity index (χ1n) is 7.42. The van der Waals surface area contributed by atoms with Gasteiger partial charge in [-0.05, 0) is 43.0 Å². The van der Waals surface area contributed by atoms with Gasteiger partial charge in [0.15, 0.2) is 0 Å². The number of hydrogen-bond acceptors (Lipinski definition) is 3. The summed E-state index contributed by atoms with van der Waals surface area (Å²) in [5.74, 6) is 0. The van der Waals surface area contributed by atoms with Gasteiger partial charge in [-0.3, -0.25) is 0 Å². The van der Waals surface area contributed by atoms with Crippen molar-refractivity contribution in [3.8, 4) is 0 Å². The van der Waals surface area contributed by atoms with Crippen molar-refractivity contribution in [1.82, 2.24) is 9.62 Å². The maximum atomic E-state index is 12.9. The van der Waals surface area contributed by atoms with Gasteiger partial charge in [0.05, 0.1) is 4.90 Å². The van der Waals surface area contributed by atoms with Crippen molar-refractivity contribution in [3.63, 3.8) is 0 Å². The maximum absolute atomic E-state index is 12.9. The predicted molar refractivity (Wildman–Crippen MR) is 81.2 cm³/mol. The molecule has 0 amide bonds. The summed E-state index contributed by atoms with van der Waals surface area (Å²) in [7, 11) is -3.36.